The standard InChI is InChI=1S/C19H15F2N3O5/c1-11-22-17(29-24-11)12-6-8-13(9-7-12)18(26)27-10-16(25)23-14-4-2-3-5-15(14)28-19(20)21/h2-9,19H,10H2,1H3,(H,23,25). The molecule has 1 aromatic heterocycles. The summed E-state index contributed by atoms with van der Waals surface area (Å²) in [7, 11) is 0. The molecule has 0 aliphatic carbocycles. The number of halogens is 2. The number of rotatable bonds is 7. The second-order valence-electron chi connectivity index (χ2n) is 5.72. The molecule has 0 radical (unpaired) electrons. The molecule has 29 heavy (non-hydrogen) atoms. The lowest BCUT2D eigenvalue weighted by atomic mass is 10.1. The maximum Gasteiger partial charge on any atom is 0.387 e. The van der Waals surface area contributed by atoms with Crippen LogP contribution in [0.2, 0.25) is 0 Å². The molecule has 1 heterocycles. The maximum absolute atomic E-state index is 12.4. The average Bonchev–Trinajstić information content (AvgIpc) is 3.14. The fourth-order valence-corrected chi connectivity index (χ4v) is 2.33. The number of aromatic nitrogens is 2. The summed E-state index contributed by atoms with van der Waals surface area (Å²) in [5, 5.41) is 6.04. The number of para-hydroxylation sites is 2. The van der Waals surface area contributed by atoms with Crippen molar-refractivity contribution in [2.24, 2.45) is 0 Å². The third-order valence-electron chi connectivity index (χ3n) is 3.61. The summed E-state index contributed by atoms with van der Waals surface area (Å²) in [4.78, 5) is 28.1. The number of alkyl halides is 2. The van der Waals surface area contributed by atoms with Crippen molar-refractivity contribution in [3.63, 3.8) is 0 Å². The number of anilines is 1. The highest BCUT2D eigenvalue weighted by molar-refractivity contribution is 5.96. The second kappa shape index (κ2) is 8.91. The topological polar surface area (TPSA) is 104 Å². The second-order valence-corrected chi connectivity index (χ2v) is 5.72. The van der Waals surface area contributed by atoms with E-state index in [1.807, 2.05) is 0 Å². The van der Waals surface area contributed by atoms with Crippen LogP contribution in [0.3, 0.4) is 0 Å². The number of nitrogens with one attached hydrogen (secondary N) is 1. The van der Waals surface area contributed by atoms with E-state index in [0.717, 1.165) is 0 Å². The third kappa shape index (κ3) is 5.34. The minimum absolute atomic E-state index is 0.0352. The molecule has 0 spiro atoms. The van der Waals surface area contributed by atoms with Crippen molar-refractivity contribution < 1.29 is 32.4 Å². The van der Waals surface area contributed by atoms with Crippen molar-refractivity contribution >= 4 is 17.6 Å². The van der Waals surface area contributed by atoms with Crippen molar-refractivity contribution in [3.05, 3.63) is 59.9 Å². The normalized spacial score (nSPS) is 10.6. The number of hydrogen-bond donors (Lipinski definition) is 1. The van der Waals surface area contributed by atoms with E-state index in [-0.39, 0.29) is 17.0 Å². The summed E-state index contributed by atoms with van der Waals surface area (Å²) in [6.45, 7) is -1.96. The van der Waals surface area contributed by atoms with Gasteiger partial charge in [-0.05, 0) is 43.3 Å². The van der Waals surface area contributed by atoms with Crippen LogP contribution >= 0.6 is 0 Å². The molecule has 0 bridgehead atoms. The van der Waals surface area contributed by atoms with Gasteiger partial charge in [0, 0.05) is 5.56 Å². The Morgan fingerprint density at radius 2 is 1.86 bits per heavy atom. The fourth-order valence-electron chi connectivity index (χ4n) is 2.33. The van der Waals surface area contributed by atoms with Gasteiger partial charge >= 0.3 is 12.6 Å². The monoisotopic (exact) mass is 403 g/mol. The summed E-state index contributed by atoms with van der Waals surface area (Å²) in [6, 6.07) is 11.8. The highest BCUT2D eigenvalue weighted by Gasteiger charge is 2.15. The van der Waals surface area contributed by atoms with Crippen molar-refractivity contribution in [2.45, 2.75) is 13.5 Å². The summed E-state index contributed by atoms with van der Waals surface area (Å²) in [6.07, 6.45) is 0. The lowest BCUT2D eigenvalue weighted by Gasteiger charge is -2.11. The van der Waals surface area contributed by atoms with E-state index in [1.54, 1.807) is 19.1 Å². The number of carbonyl (C=O) groups is 2. The smallest absolute Gasteiger partial charge is 0.387 e. The van der Waals surface area contributed by atoms with E-state index in [1.165, 1.54) is 36.4 Å². The molecule has 2 aromatic carbocycles. The number of hydrogen-bond acceptors (Lipinski definition) is 7. The van der Waals surface area contributed by atoms with E-state index < -0.39 is 25.1 Å². The zero-order chi connectivity index (χ0) is 20.8. The van der Waals surface area contributed by atoms with E-state index in [9.17, 15) is 18.4 Å². The summed E-state index contributed by atoms with van der Waals surface area (Å²) in [5.41, 5.74) is 0.864. The molecular formula is C19H15F2N3O5. The molecule has 0 aliphatic rings. The average molecular weight is 403 g/mol. The van der Waals surface area contributed by atoms with Crippen LogP contribution in [0.15, 0.2) is 53.1 Å². The van der Waals surface area contributed by atoms with Crippen LogP contribution in [0.4, 0.5) is 14.5 Å². The van der Waals surface area contributed by atoms with Crippen LogP contribution in [-0.4, -0.2) is 35.2 Å². The molecule has 0 fully saturated rings. The Balaban J connectivity index is 1.56. The van der Waals surface area contributed by atoms with Crippen LogP contribution in [0.5, 0.6) is 5.75 Å². The van der Waals surface area contributed by atoms with Gasteiger partial charge in [-0.1, -0.05) is 17.3 Å². The minimum Gasteiger partial charge on any atom is -0.452 e. The van der Waals surface area contributed by atoms with Gasteiger partial charge in [0.1, 0.15) is 5.75 Å². The molecule has 0 saturated heterocycles. The SMILES string of the molecule is Cc1noc(-c2ccc(C(=O)OCC(=O)Nc3ccccc3OC(F)F)cc2)n1. The molecule has 150 valence electrons. The first kappa shape index (κ1) is 19.9. The van der Waals surface area contributed by atoms with Crippen LogP contribution in [-0.2, 0) is 9.53 Å². The molecule has 0 saturated carbocycles. The number of amides is 1. The molecule has 10 heteroatoms. The Kier molecular flexibility index (Phi) is 6.12. The van der Waals surface area contributed by atoms with E-state index in [4.69, 9.17) is 9.26 Å². The summed E-state index contributed by atoms with van der Waals surface area (Å²) in [5.74, 6) is -0.845. The molecule has 1 N–H and O–H groups in total. The Morgan fingerprint density at radius 3 is 2.52 bits per heavy atom. The quantitative estimate of drug-likeness (QED) is 0.603. The van der Waals surface area contributed by atoms with Gasteiger partial charge in [0.05, 0.1) is 11.3 Å². The first-order chi connectivity index (χ1) is 13.9. The molecule has 3 aromatic rings. The number of ether oxygens (including phenoxy) is 2. The van der Waals surface area contributed by atoms with Crippen molar-refractivity contribution in [1.82, 2.24) is 10.1 Å². The van der Waals surface area contributed by atoms with E-state index in [0.29, 0.717) is 17.3 Å². The van der Waals surface area contributed by atoms with Crippen molar-refractivity contribution in [3.8, 4) is 17.2 Å². The first-order valence-corrected chi connectivity index (χ1v) is 8.34. The number of esters is 1. The van der Waals surface area contributed by atoms with Gasteiger partial charge in [0.2, 0.25) is 0 Å². The Bertz CT molecular complexity index is 1010. The van der Waals surface area contributed by atoms with Crippen LogP contribution in [0.1, 0.15) is 16.2 Å². The molecule has 8 nitrogen and oxygen atoms in total. The molecular weight excluding hydrogens is 388 g/mol. The van der Waals surface area contributed by atoms with E-state index >= 15 is 0 Å². The Hall–Kier alpha value is -3.82. The summed E-state index contributed by atoms with van der Waals surface area (Å²) < 4.78 is 39.1. The zero-order valence-electron chi connectivity index (χ0n) is 15.1. The molecule has 1 amide bonds. The maximum atomic E-state index is 12.4. The van der Waals surface area contributed by atoms with Gasteiger partial charge in [-0.15, -0.1) is 0 Å². The number of nitrogens with zero attached hydrogens (tertiary/aromatic N) is 2. The van der Waals surface area contributed by atoms with Gasteiger partial charge in [0.25, 0.3) is 11.8 Å². The molecule has 0 atom stereocenters. The van der Waals surface area contributed by atoms with Crippen LogP contribution in [0, 0.1) is 6.92 Å². The highest BCUT2D eigenvalue weighted by atomic mass is 19.3. The predicted octanol–water partition coefficient (Wildman–Crippen LogP) is 3.44. The first-order valence-electron chi connectivity index (χ1n) is 8.34. The van der Waals surface area contributed by atoms with Crippen molar-refractivity contribution in [2.75, 3.05) is 11.9 Å². The third-order valence-corrected chi connectivity index (χ3v) is 3.61. The van der Waals surface area contributed by atoms with Gasteiger partial charge in [-0.3, -0.25) is 4.79 Å². The largest absolute Gasteiger partial charge is 0.452 e. The Labute approximate surface area is 163 Å². The van der Waals surface area contributed by atoms with Gasteiger partial charge in [-0.25, -0.2) is 4.79 Å². The zero-order valence-corrected chi connectivity index (χ0v) is 15.1. The number of benzene rings is 2. The van der Waals surface area contributed by atoms with Gasteiger partial charge < -0.3 is 19.3 Å². The number of aryl methyl sites for hydroxylation is 1. The highest BCUT2D eigenvalue weighted by Crippen LogP contribution is 2.25. The van der Waals surface area contributed by atoms with E-state index in [2.05, 4.69) is 20.2 Å². The van der Waals surface area contributed by atoms with Crippen LogP contribution < -0.4 is 10.1 Å². The lowest BCUT2D eigenvalue weighted by Crippen LogP contribution is -2.21. The minimum atomic E-state index is -3.04. The van der Waals surface area contributed by atoms with Gasteiger partial charge in [-0.2, -0.15) is 13.8 Å². The number of carbonyl (C=O) groups excluding carboxylic acids is 2. The van der Waals surface area contributed by atoms with Crippen LogP contribution in [0.25, 0.3) is 11.5 Å². The predicted molar refractivity (Wildman–Crippen MR) is 96.5 cm³/mol. The van der Waals surface area contributed by atoms with Gasteiger partial charge in [0.15, 0.2) is 12.4 Å². The fraction of sp³-hybridized carbons (Fsp3) is 0.158. The molecule has 0 aliphatic heterocycles. The summed E-state index contributed by atoms with van der Waals surface area (Å²) >= 11 is 0. The molecule has 0 unspecified atom stereocenters. The molecule has 3 rings (SSSR count). The van der Waals surface area contributed by atoms with Crippen molar-refractivity contribution in [1.29, 1.82) is 0 Å². The lowest BCUT2D eigenvalue weighted by molar-refractivity contribution is -0.119. The Morgan fingerprint density at radius 1 is 1.14 bits per heavy atom.